The van der Waals surface area contributed by atoms with Crippen LogP contribution in [-0.4, -0.2) is 153 Å². The molecule has 0 aliphatic rings. The molecule has 0 aromatic carbocycles. The van der Waals surface area contributed by atoms with Crippen molar-refractivity contribution in [3.63, 3.8) is 0 Å². The molecule has 0 saturated heterocycles. The van der Waals surface area contributed by atoms with E-state index in [1.807, 2.05) is 0 Å². The molecule has 7 amide bonds. The van der Waals surface area contributed by atoms with E-state index in [2.05, 4.69) is 37.2 Å². The predicted molar refractivity (Wildman–Crippen MR) is 196 cm³/mol. The number of hydrogen-bond donors (Lipinski definition) is 14. The predicted octanol–water partition coefficient (Wildman–Crippen LogP) is -5.81. The van der Waals surface area contributed by atoms with E-state index in [9.17, 15) is 68.4 Å². The molecule has 0 unspecified atom stereocenters. The first kappa shape index (κ1) is 51.5. The summed E-state index contributed by atoms with van der Waals surface area (Å²) < 4.78 is 0. The molecule has 0 rings (SSSR count). The number of carboxylic acid groups (broad SMARTS) is 3. The van der Waals surface area contributed by atoms with Gasteiger partial charge in [-0.2, -0.15) is 0 Å². The Morgan fingerprint density at radius 3 is 1.72 bits per heavy atom. The molecular formula is C33H57N9O15. The highest BCUT2D eigenvalue weighted by Crippen LogP contribution is 2.08. The van der Waals surface area contributed by atoms with E-state index in [0.717, 1.165) is 6.92 Å². The molecule has 0 saturated carbocycles. The first-order valence-electron chi connectivity index (χ1n) is 18.0. The largest absolute Gasteiger partial charge is 0.481 e. The van der Waals surface area contributed by atoms with Gasteiger partial charge in [0.25, 0.3) is 0 Å². The Labute approximate surface area is 328 Å². The molecule has 0 aliphatic carbocycles. The molecule has 0 heterocycles. The zero-order chi connectivity index (χ0) is 44.0. The molecular weight excluding hydrogens is 762 g/mol. The fraction of sp³-hybridized carbons (Fsp3) is 0.697. The summed E-state index contributed by atoms with van der Waals surface area (Å²) in [6.45, 7) is 3.88. The van der Waals surface area contributed by atoms with Crippen LogP contribution in [0.1, 0.15) is 66.2 Å². The van der Waals surface area contributed by atoms with Gasteiger partial charge in [0.1, 0.15) is 36.1 Å². The van der Waals surface area contributed by atoms with Crippen LogP contribution in [0.15, 0.2) is 0 Å². The first-order chi connectivity index (χ1) is 26.5. The molecule has 0 aromatic heterocycles. The molecule has 0 aromatic rings. The van der Waals surface area contributed by atoms with Crippen LogP contribution >= 0.6 is 0 Å². The van der Waals surface area contributed by atoms with E-state index in [4.69, 9.17) is 16.6 Å². The third-order valence-corrected chi connectivity index (χ3v) is 8.05. The molecule has 16 N–H and O–H groups in total. The second-order valence-corrected chi connectivity index (χ2v) is 13.5. The van der Waals surface area contributed by atoms with Crippen LogP contribution in [0.4, 0.5) is 0 Å². The Bertz CT molecular complexity index is 1430. The number of carboxylic acids is 3. The van der Waals surface area contributed by atoms with Crippen molar-refractivity contribution in [1.82, 2.24) is 37.2 Å². The lowest BCUT2D eigenvalue weighted by Gasteiger charge is -2.27. The van der Waals surface area contributed by atoms with E-state index in [1.165, 1.54) is 6.92 Å². The van der Waals surface area contributed by atoms with Gasteiger partial charge in [-0.05, 0) is 58.4 Å². The third-order valence-electron chi connectivity index (χ3n) is 8.05. The van der Waals surface area contributed by atoms with Crippen molar-refractivity contribution < 1.29 is 73.5 Å². The summed E-state index contributed by atoms with van der Waals surface area (Å²) >= 11 is 0. The number of unbranched alkanes of at least 4 members (excludes halogenated alkanes) is 1. The average Bonchev–Trinajstić information content (AvgIpc) is 3.11. The minimum atomic E-state index is -1.78. The SMILES string of the molecule is CC(C)C[C@H](NC(=O)[C@@H](NC(=O)CNC(=O)[C@@H](CCNC(=O)[C@H](C)NC(=O)[C@@H](N)CC(=O)O)C(=O)O)[C@@H](C)O)C(=O)N[C@@H](CO)C(=O)N[C@@H](CCCCN)C(=O)O. The summed E-state index contributed by atoms with van der Waals surface area (Å²) in [4.78, 5) is 123. The Kier molecular flexibility index (Phi) is 23.9. The average molecular weight is 820 g/mol. The van der Waals surface area contributed by atoms with Gasteiger partial charge in [-0.1, -0.05) is 13.8 Å². The number of aliphatic hydroxyl groups excluding tert-OH is 2. The van der Waals surface area contributed by atoms with Gasteiger partial charge < -0.3 is 74.2 Å². The Balaban J connectivity index is 5.43. The van der Waals surface area contributed by atoms with Gasteiger partial charge in [0, 0.05) is 6.54 Å². The number of aliphatic hydroxyl groups is 2. The maximum atomic E-state index is 13.2. The molecule has 0 radical (unpaired) electrons. The Hall–Kier alpha value is -5.46. The lowest BCUT2D eigenvalue weighted by molar-refractivity contribution is -0.148. The number of amides is 7. The molecule has 324 valence electrons. The summed E-state index contributed by atoms with van der Waals surface area (Å²) in [6, 6.07) is -8.69. The fourth-order valence-electron chi connectivity index (χ4n) is 4.90. The van der Waals surface area contributed by atoms with Crippen molar-refractivity contribution in [3.05, 3.63) is 0 Å². The Morgan fingerprint density at radius 2 is 1.21 bits per heavy atom. The second-order valence-electron chi connectivity index (χ2n) is 13.5. The van der Waals surface area contributed by atoms with Crippen LogP contribution in [0.2, 0.25) is 0 Å². The lowest BCUT2D eigenvalue weighted by atomic mass is 10.0. The topological polar surface area (TPSA) is 408 Å². The van der Waals surface area contributed by atoms with Gasteiger partial charge in [-0.25, -0.2) is 4.79 Å². The highest BCUT2D eigenvalue weighted by molar-refractivity contribution is 5.99. The lowest BCUT2D eigenvalue weighted by Crippen LogP contribution is -2.60. The molecule has 0 aliphatic heterocycles. The monoisotopic (exact) mass is 819 g/mol. The highest BCUT2D eigenvalue weighted by Gasteiger charge is 2.34. The van der Waals surface area contributed by atoms with E-state index in [0.29, 0.717) is 19.4 Å². The molecule has 57 heavy (non-hydrogen) atoms. The summed E-state index contributed by atoms with van der Waals surface area (Å²) in [7, 11) is 0. The van der Waals surface area contributed by atoms with Crippen molar-refractivity contribution in [2.45, 2.75) is 109 Å². The van der Waals surface area contributed by atoms with Crippen molar-refractivity contribution in [1.29, 1.82) is 0 Å². The summed E-state index contributed by atoms with van der Waals surface area (Å²) in [5.74, 6) is -13.3. The van der Waals surface area contributed by atoms with E-state index in [1.54, 1.807) is 13.8 Å². The maximum absolute atomic E-state index is 13.2. The Morgan fingerprint density at radius 1 is 0.632 bits per heavy atom. The van der Waals surface area contributed by atoms with Crippen LogP contribution in [0.5, 0.6) is 0 Å². The number of nitrogens with one attached hydrogen (secondary N) is 7. The molecule has 8 atom stereocenters. The van der Waals surface area contributed by atoms with Gasteiger partial charge in [-0.3, -0.25) is 43.2 Å². The van der Waals surface area contributed by atoms with E-state index < -0.39 is 134 Å². The van der Waals surface area contributed by atoms with Crippen molar-refractivity contribution in [2.75, 3.05) is 26.2 Å². The summed E-state index contributed by atoms with van der Waals surface area (Å²) in [5, 5.41) is 63.4. The van der Waals surface area contributed by atoms with Crippen LogP contribution < -0.4 is 48.7 Å². The summed E-state index contributed by atoms with van der Waals surface area (Å²) in [5.41, 5.74) is 10.9. The minimum absolute atomic E-state index is 0.0315. The number of carbonyl (C=O) groups excluding carboxylic acids is 7. The number of hydrogen-bond acceptors (Lipinski definition) is 14. The molecule has 24 heteroatoms. The summed E-state index contributed by atoms with van der Waals surface area (Å²) in [6.07, 6.45) is -1.86. The van der Waals surface area contributed by atoms with Crippen LogP contribution in [-0.2, 0) is 47.9 Å². The smallest absolute Gasteiger partial charge is 0.326 e. The van der Waals surface area contributed by atoms with Gasteiger partial charge >= 0.3 is 17.9 Å². The second kappa shape index (κ2) is 26.4. The van der Waals surface area contributed by atoms with Gasteiger partial charge in [-0.15, -0.1) is 0 Å². The fourth-order valence-corrected chi connectivity index (χ4v) is 4.90. The van der Waals surface area contributed by atoms with Crippen molar-refractivity contribution in [3.8, 4) is 0 Å². The molecule has 24 nitrogen and oxygen atoms in total. The number of aliphatic carboxylic acids is 3. The molecule has 0 spiro atoms. The minimum Gasteiger partial charge on any atom is -0.481 e. The number of nitrogens with two attached hydrogens (primary N) is 2. The van der Waals surface area contributed by atoms with Crippen molar-refractivity contribution >= 4 is 59.3 Å². The maximum Gasteiger partial charge on any atom is 0.326 e. The first-order valence-corrected chi connectivity index (χ1v) is 18.0. The van der Waals surface area contributed by atoms with Crippen LogP contribution in [0.25, 0.3) is 0 Å². The normalized spacial score (nSPS) is 15.2. The number of rotatable bonds is 28. The zero-order valence-electron chi connectivity index (χ0n) is 32.2. The molecule has 0 bridgehead atoms. The van der Waals surface area contributed by atoms with E-state index in [-0.39, 0.29) is 25.3 Å². The van der Waals surface area contributed by atoms with E-state index >= 15 is 0 Å². The van der Waals surface area contributed by atoms with Gasteiger partial charge in [0.2, 0.25) is 41.4 Å². The van der Waals surface area contributed by atoms with Gasteiger partial charge in [0.05, 0.1) is 31.7 Å². The quantitative estimate of drug-likeness (QED) is 0.0258. The highest BCUT2D eigenvalue weighted by atomic mass is 16.4. The van der Waals surface area contributed by atoms with Crippen molar-refractivity contribution in [2.24, 2.45) is 23.3 Å². The molecule has 0 fully saturated rings. The van der Waals surface area contributed by atoms with Crippen LogP contribution in [0, 0.1) is 11.8 Å². The standard InChI is InChI=1S/C33H57N9O15/c1-15(2)11-21(29(51)41-22(14-43)30(52)39-20(33(56)57)7-5-6-9-34)40-31(53)25(17(4)44)42-23(45)13-37-27(49)18(32(54)55)8-10-36-26(48)16(3)38-28(50)19(35)12-24(46)47/h15-22,25,43-44H,5-14,34-35H2,1-4H3,(H,36,48)(H,37,49)(H,38,50)(H,39,52)(H,40,53)(H,41,51)(H,42,45)(H,46,47)(H,54,55)(H,56,57)/t16-,17+,18+,19-,20-,21-,22-,25-/m0/s1. The number of carbonyl (C=O) groups is 10. The zero-order valence-corrected chi connectivity index (χ0v) is 32.2. The third kappa shape index (κ3) is 20.3. The van der Waals surface area contributed by atoms with Gasteiger partial charge in [0.15, 0.2) is 0 Å². The van der Waals surface area contributed by atoms with Crippen LogP contribution in [0.3, 0.4) is 0 Å².